The van der Waals surface area contributed by atoms with Crippen molar-refractivity contribution >= 4 is 35.6 Å². The number of nitrogens with one attached hydrogen (secondary N) is 4. The van der Waals surface area contributed by atoms with Crippen molar-refractivity contribution < 1.29 is 34.2 Å². The van der Waals surface area contributed by atoms with E-state index in [-0.39, 0.29) is 38.2 Å². The van der Waals surface area contributed by atoms with Crippen LogP contribution in [0, 0.1) is 0 Å². The smallest absolute Gasteiger partial charge is 0.328 e. The van der Waals surface area contributed by atoms with Crippen LogP contribution in [0.4, 0.5) is 0 Å². The van der Waals surface area contributed by atoms with Gasteiger partial charge < -0.3 is 48.7 Å². The standard InChI is InChI=1S/C20H36N8O7/c1-10(29)15(19(34)35)28-18(33)12(5-3-9-25-20(22)23)26-17(32)13(6-7-14(21)30)27-16(31)11-4-2-8-24-11/h10-13,15,24,29H,2-9H2,1H3,(H2,21,30)(H,26,32)(H,27,31)(H,28,33)(H,34,35)(H4,22,23,25). The van der Waals surface area contributed by atoms with Crippen LogP contribution in [0.25, 0.3) is 0 Å². The van der Waals surface area contributed by atoms with E-state index in [1.54, 1.807) is 0 Å². The molecule has 198 valence electrons. The largest absolute Gasteiger partial charge is 0.480 e. The van der Waals surface area contributed by atoms with Crippen molar-refractivity contribution in [3.8, 4) is 0 Å². The van der Waals surface area contributed by atoms with Gasteiger partial charge in [-0.2, -0.15) is 0 Å². The number of nitrogens with two attached hydrogens (primary N) is 3. The first-order chi connectivity index (χ1) is 16.4. The Kier molecular flexibility index (Phi) is 12.4. The van der Waals surface area contributed by atoms with Crippen molar-refractivity contribution in [3.63, 3.8) is 0 Å². The summed E-state index contributed by atoms with van der Waals surface area (Å²) in [5, 5.41) is 29.1. The average molecular weight is 501 g/mol. The Hall–Kier alpha value is -3.46. The van der Waals surface area contributed by atoms with Gasteiger partial charge in [-0.25, -0.2) is 4.79 Å². The van der Waals surface area contributed by atoms with Crippen LogP contribution in [0.1, 0.15) is 45.4 Å². The number of carboxylic acid groups (broad SMARTS) is 1. The van der Waals surface area contributed by atoms with Crippen molar-refractivity contribution in [3.05, 3.63) is 0 Å². The van der Waals surface area contributed by atoms with Crippen LogP contribution >= 0.6 is 0 Å². The fourth-order valence-corrected chi connectivity index (χ4v) is 3.42. The minimum Gasteiger partial charge on any atom is -0.480 e. The van der Waals surface area contributed by atoms with Crippen LogP contribution in [0.2, 0.25) is 0 Å². The predicted octanol–water partition coefficient (Wildman–Crippen LogP) is -4.02. The quantitative estimate of drug-likeness (QED) is 0.0597. The van der Waals surface area contributed by atoms with Gasteiger partial charge in [0.1, 0.15) is 12.1 Å². The Balaban J connectivity index is 2.99. The molecule has 4 amide bonds. The second-order valence-electron chi connectivity index (χ2n) is 8.29. The Labute approximate surface area is 202 Å². The van der Waals surface area contributed by atoms with Gasteiger partial charge >= 0.3 is 5.97 Å². The van der Waals surface area contributed by atoms with Gasteiger partial charge in [0.25, 0.3) is 0 Å². The number of primary amides is 1. The molecule has 12 N–H and O–H groups in total. The number of aliphatic carboxylic acids is 1. The van der Waals surface area contributed by atoms with Crippen molar-refractivity contribution in [1.82, 2.24) is 21.3 Å². The Morgan fingerprint density at radius 1 is 1.03 bits per heavy atom. The van der Waals surface area contributed by atoms with Crippen LogP contribution in [0.5, 0.6) is 0 Å². The molecule has 0 bridgehead atoms. The second-order valence-corrected chi connectivity index (χ2v) is 8.29. The highest BCUT2D eigenvalue weighted by atomic mass is 16.4. The maximum Gasteiger partial charge on any atom is 0.328 e. The van der Waals surface area contributed by atoms with E-state index in [0.29, 0.717) is 13.0 Å². The molecular weight excluding hydrogens is 464 g/mol. The van der Waals surface area contributed by atoms with Gasteiger partial charge in [0, 0.05) is 13.0 Å². The molecular formula is C20H36N8O7. The monoisotopic (exact) mass is 500 g/mol. The van der Waals surface area contributed by atoms with Crippen LogP contribution in [0.3, 0.4) is 0 Å². The lowest BCUT2D eigenvalue weighted by Crippen LogP contribution is -2.58. The molecule has 0 aromatic heterocycles. The topological polar surface area (TPSA) is 264 Å². The van der Waals surface area contributed by atoms with E-state index in [2.05, 4.69) is 26.3 Å². The first kappa shape index (κ1) is 29.6. The zero-order chi connectivity index (χ0) is 26.5. The molecule has 15 heteroatoms. The van der Waals surface area contributed by atoms with Gasteiger partial charge in [-0.15, -0.1) is 0 Å². The fourth-order valence-electron chi connectivity index (χ4n) is 3.42. The van der Waals surface area contributed by atoms with Gasteiger partial charge in [0.05, 0.1) is 12.1 Å². The Bertz CT molecular complexity index is 794. The lowest BCUT2D eigenvalue weighted by molar-refractivity contribution is -0.145. The molecule has 1 aliphatic rings. The second kappa shape index (κ2) is 14.7. The molecule has 0 aliphatic carbocycles. The molecule has 0 aromatic rings. The average Bonchev–Trinajstić information content (AvgIpc) is 3.30. The minimum atomic E-state index is -1.61. The van der Waals surface area contributed by atoms with Gasteiger partial charge in [0.15, 0.2) is 12.0 Å². The Morgan fingerprint density at radius 2 is 1.66 bits per heavy atom. The molecule has 35 heavy (non-hydrogen) atoms. The van der Waals surface area contributed by atoms with E-state index in [1.165, 1.54) is 6.92 Å². The highest BCUT2D eigenvalue weighted by Crippen LogP contribution is 2.08. The minimum absolute atomic E-state index is 0.0150. The van der Waals surface area contributed by atoms with Gasteiger partial charge in [-0.1, -0.05) is 0 Å². The Morgan fingerprint density at radius 3 is 2.17 bits per heavy atom. The van der Waals surface area contributed by atoms with E-state index in [9.17, 15) is 34.2 Å². The lowest BCUT2D eigenvalue weighted by atomic mass is 10.1. The number of carbonyl (C=O) groups excluding carboxylic acids is 4. The number of carboxylic acids is 1. The number of rotatable bonds is 15. The first-order valence-electron chi connectivity index (χ1n) is 11.3. The van der Waals surface area contributed by atoms with Gasteiger partial charge in [0.2, 0.25) is 23.6 Å². The summed E-state index contributed by atoms with van der Waals surface area (Å²) in [5.41, 5.74) is 15.7. The maximum atomic E-state index is 13.0. The number of hydrogen-bond donors (Lipinski definition) is 9. The van der Waals surface area contributed by atoms with E-state index in [4.69, 9.17) is 17.2 Å². The van der Waals surface area contributed by atoms with Crippen molar-refractivity contribution in [2.24, 2.45) is 22.2 Å². The number of carbonyl (C=O) groups is 5. The normalized spacial score (nSPS) is 18.4. The molecule has 15 nitrogen and oxygen atoms in total. The van der Waals surface area contributed by atoms with Crippen LogP contribution in [-0.4, -0.2) is 89.1 Å². The van der Waals surface area contributed by atoms with Crippen molar-refractivity contribution in [2.75, 3.05) is 13.1 Å². The van der Waals surface area contributed by atoms with E-state index < -0.39 is 59.9 Å². The third kappa shape index (κ3) is 11.0. The zero-order valence-corrected chi connectivity index (χ0v) is 19.7. The summed E-state index contributed by atoms with van der Waals surface area (Å²) in [5.74, 6) is -4.36. The molecule has 5 unspecified atom stereocenters. The predicted molar refractivity (Wildman–Crippen MR) is 124 cm³/mol. The number of aliphatic hydroxyl groups is 1. The first-order valence-corrected chi connectivity index (χ1v) is 11.3. The van der Waals surface area contributed by atoms with Gasteiger partial charge in [-0.05, 0) is 45.6 Å². The van der Waals surface area contributed by atoms with E-state index in [1.807, 2.05) is 0 Å². The molecule has 0 aromatic carbocycles. The van der Waals surface area contributed by atoms with Crippen LogP contribution < -0.4 is 38.5 Å². The summed E-state index contributed by atoms with van der Waals surface area (Å²) in [6.07, 6.45) is -0.0667. The number of hydrogen-bond acceptors (Lipinski definition) is 8. The molecule has 0 saturated carbocycles. The van der Waals surface area contributed by atoms with Crippen LogP contribution in [-0.2, 0) is 24.0 Å². The van der Waals surface area contributed by atoms with E-state index in [0.717, 1.165) is 6.42 Å². The van der Waals surface area contributed by atoms with Crippen molar-refractivity contribution in [2.45, 2.75) is 75.7 Å². The fraction of sp³-hybridized carbons (Fsp3) is 0.700. The number of aliphatic hydroxyl groups excluding tert-OH is 1. The molecule has 1 rings (SSSR count). The SMILES string of the molecule is CC(O)C(NC(=O)C(CCCN=C(N)N)NC(=O)C(CCC(N)=O)NC(=O)C1CCCN1)C(=O)O. The summed E-state index contributed by atoms with van der Waals surface area (Å²) < 4.78 is 0. The third-order valence-corrected chi connectivity index (χ3v) is 5.31. The third-order valence-electron chi connectivity index (χ3n) is 5.31. The summed E-state index contributed by atoms with van der Waals surface area (Å²) in [6.45, 7) is 1.98. The molecule has 1 fully saturated rings. The van der Waals surface area contributed by atoms with Gasteiger partial charge in [-0.3, -0.25) is 24.2 Å². The molecule has 1 saturated heterocycles. The van der Waals surface area contributed by atoms with E-state index >= 15 is 0 Å². The summed E-state index contributed by atoms with van der Waals surface area (Å²) in [7, 11) is 0. The molecule has 0 spiro atoms. The van der Waals surface area contributed by atoms with Crippen molar-refractivity contribution in [1.29, 1.82) is 0 Å². The maximum absolute atomic E-state index is 13.0. The summed E-state index contributed by atoms with van der Waals surface area (Å²) >= 11 is 0. The molecule has 0 radical (unpaired) electrons. The summed E-state index contributed by atoms with van der Waals surface area (Å²) in [4.78, 5) is 64.7. The summed E-state index contributed by atoms with van der Waals surface area (Å²) in [6, 6.07) is -4.51. The number of aliphatic imine (C=N–C) groups is 1. The number of guanidine groups is 1. The highest BCUT2D eigenvalue weighted by molar-refractivity contribution is 5.94. The lowest BCUT2D eigenvalue weighted by Gasteiger charge is -2.25. The number of amides is 4. The zero-order valence-electron chi connectivity index (χ0n) is 19.7. The molecule has 5 atom stereocenters. The highest BCUT2D eigenvalue weighted by Gasteiger charge is 2.32. The number of nitrogens with zero attached hydrogens (tertiary/aromatic N) is 1. The van der Waals surface area contributed by atoms with Crippen LogP contribution in [0.15, 0.2) is 4.99 Å². The molecule has 1 heterocycles. The molecule has 1 aliphatic heterocycles.